The topological polar surface area (TPSA) is 69.9 Å². The molecular formula is C14H12N4O2. The van der Waals surface area contributed by atoms with Crippen LogP contribution in [0.3, 0.4) is 0 Å². The zero-order valence-corrected chi connectivity index (χ0v) is 11.1. The maximum absolute atomic E-state index is 12.7. The van der Waals surface area contributed by atoms with Crippen molar-refractivity contribution in [3.63, 3.8) is 0 Å². The Bertz CT molecular complexity index is 789. The molecule has 20 heavy (non-hydrogen) atoms. The Labute approximate surface area is 115 Å². The number of methoxy groups -OCH3 is 1. The first-order valence-electron chi connectivity index (χ1n) is 6.03. The summed E-state index contributed by atoms with van der Waals surface area (Å²) in [5.74, 6) is 0.256. The predicted octanol–water partition coefficient (Wildman–Crippen LogP) is 1.60. The van der Waals surface area contributed by atoms with E-state index in [-0.39, 0.29) is 5.78 Å². The third-order valence-corrected chi connectivity index (χ3v) is 3.08. The number of hydrogen-bond donors (Lipinski definition) is 0. The largest absolute Gasteiger partial charge is 0.493 e. The van der Waals surface area contributed by atoms with Crippen molar-refractivity contribution in [3.8, 4) is 5.75 Å². The molecule has 0 aliphatic carbocycles. The molecule has 6 nitrogen and oxygen atoms in total. The molecule has 0 spiro atoms. The minimum absolute atomic E-state index is 0.187. The van der Waals surface area contributed by atoms with Gasteiger partial charge in [0.25, 0.3) is 0 Å². The summed E-state index contributed by atoms with van der Waals surface area (Å²) < 4.78 is 6.68. The minimum atomic E-state index is -0.187. The summed E-state index contributed by atoms with van der Waals surface area (Å²) in [6.07, 6.45) is 4.69. The molecule has 3 rings (SSSR count). The van der Waals surface area contributed by atoms with E-state index in [0.717, 1.165) is 0 Å². The van der Waals surface area contributed by atoms with Crippen molar-refractivity contribution in [2.24, 2.45) is 7.05 Å². The zero-order chi connectivity index (χ0) is 14.1. The van der Waals surface area contributed by atoms with Crippen molar-refractivity contribution in [3.05, 3.63) is 48.0 Å². The van der Waals surface area contributed by atoms with Gasteiger partial charge in [0.1, 0.15) is 0 Å². The fourth-order valence-corrected chi connectivity index (χ4v) is 2.13. The van der Waals surface area contributed by atoms with Crippen LogP contribution in [0.15, 0.2) is 36.8 Å². The molecule has 0 aliphatic rings. The van der Waals surface area contributed by atoms with Crippen molar-refractivity contribution in [2.45, 2.75) is 0 Å². The Morgan fingerprint density at radius 1 is 1.25 bits per heavy atom. The van der Waals surface area contributed by atoms with E-state index in [2.05, 4.69) is 15.1 Å². The van der Waals surface area contributed by atoms with E-state index in [1.165, 1.54) is 18.0 Å². The van der Waals surface area contributed by atoms with Gasteiger partial charge in [-0.25, -0.2) is 0 Å². The smallest absolute Gasteiger partial charge is 0.217 e. The molecular weight excluding hydrogens is 256 g/mol. The maximum atomic E-state index is 12.7. The highest BCUT2D eigenvalue weighted by Gasteiger charge is 2.21. The van der Waals surface area contributed by atoms with Crippen LogP contribution in [0.25, 0.3) is 11.0 Å². The maximum Gasteiger partial charge on any atom is 0.217 e. The number of hydrogen-bond acceptors (Lipinski definition) is 5. The number of benzene rings is 1. The lowest BCUT2D eigenvalue weighted by atomic mass is 10.1. The standard InChI is InChI=1S/C14H12N4O2/c1-18-13(11(20-2)8-17-18)14(19)9-4-3-5-10-12(9)16-7-6-15-10/h3-8H,1-2H3. The predicted molar refractivity (Wildman–Crippen MR) is 72.7 cm³/mol. The molecule has 2 aromatic heterocycles. The van der Waals surface area contributed by atoms with Crippen LogP contribution in [-0.2, 0) is 7.05 Å². The Balaban J connectivity index is 2.20. The first kappa shape index (κ1) is 12.3. The molecule has 0 unspecified atom stereocenters. The Hall–Kier alpha value is -2.76. The van der Waals surface area contributed by atoms with Crippen LogP contribution >= 0.6 is 0 Å². The second kappa shape index (κ2) is 4.73. The Morgan fingerprint density at radius 2 is 2.05 bits per heavy atom. The number of ether oxygens (including phenoxy) is 1. The molecule has 0 N–H and O–H groups in total. The van der Waals surface area contributed by atoms with Gasteiger partial charge in [0.15, 0.2) is 11.4 Å². The van der Waals surface area contributed by atoms with E-state index in [1.807, 2.05) is 6.07 Å². The lowest BCUT2D eigenvalue weighted by molar-refractivity contribution is 0.102. The molecule has 0 amide bonds. The second-order valence-corrected chi connectivity index (χ2v) is 4.24. The summed E-state index contributed by atoms with van der Waals surface area (Å²) in [6.45, 7) is 0. The van der Waals surface area contributed by atoms with Crippen LogP contribution in [0, 0.1) is 0 Å². The summed E-state index contributed by atoms with van der Waals surface area (Å²) in [7, 11) is 3.21. The highest BCUT2D eigenvalue weighted by atomic mass is 16.5. The van der Waals surface area contributed by atoms with Gasteiger partial charge in [-0.15, -0.1) is 0 Å². The molecule has 0 bridgehead atoms. The van der Waals surface area contributed by atoms with Crippen molar-refractivity contribution >= 4 is 16.8 Å². The number of fused-ring (bicyclic) bond motifs is 1. The quantitative estimate of drug-likeness (QED) is 0.675. The molecule has 6 heteroatoms. The summed E-state index contributed by atoms with van der Waals surface area (Å²) >= 11 is 0. The first-order valence-corrected chi connectivity index (χ1v) is 6.03. The van der Waals surface area contributed by atoms with Crippen molar-refractivity contribution in [1.29, 1.82) is 0 Å². The average molecular weight is 268 g/mol. The van der Waals surface area contributed by atoms with E-state index in [1.54, 1.807) is 31.6 Å². The van der Waals surface area contributed by atoms with Crippen LogP contribution in [0.4, 0.5) is 0 Å². The van der Waals surface area contributed by atoms with E-state index in [9.17, 15) is 4.79 Å². The third kappa shape index (κ3) is 1.82. The van der Waals surface area contributed by atoms with Crippen molar-refractivity contribution < 1.29 is 9.53 Å². The molecule has 2 heterocycles. The Morgan fingerprint density at radius 3 is 2.85 bits per heavy atom. The minimum Gasteiger partial charge on any atom is -0.493 e. The van der Waals surface area contributed by atoms with Crippen molar-refractivity contribution in [2.75, 3.05) is 7.11 Å². The van der Waals surface area contributed by atoms with Gasteiger partial charge in [0, 0.05) is 19.4 Å². The lowest BCUT2D eigenvalue weighted by Gasteiger charge is -2.06. The normalized spacial score (nSPS) is 10.7. The summed E-state index contributed by atoms with van der Waals surface area (Å²) in [5.41, 5.74) is 2.13. The third-order valence-electron chi connectivity index (χ3n) is 3.08. The number of aryl methyl sites for hydroxylation is 1. The molecule has 100 valence electrons. The number of para-hydroxylation sites is 1. The van der Waals surface area contributed by atoms with Crippen LogP contribution in [0.5, 0.6) is 5.75 Å². The lowest BCUT2D eigenvalue weighted by Crippen LogP contribution is -2.10. The van der Waals surface area contributed by atoms with E-state index in [0.29, 0.717) is 28.0 Å². The molecule has 1 aromatic carbocycles. The van der Waals surface area contributed by atoms with Gasteiger partial charge in [0.2, 0.25) is 5.78 Å². The summed E-state index contributed by atoms with van der Waals surface area (Å²) in [6, 6.07) is 5.33. The number of rotatable bonds is 3. The fourth-order valence-electron chi connectivity index (χ4n) is 2.13. The highest BCUT2D eigenvalue weighted by Crippen LogP contribution is 2.23. The van der Waals surface area contributed by atoms with E-state index in [4.69, 9.17) is 4.74 Å². The molecule has 0 atom stereocenters. The summed E-state index contributed by atoms with van der Waals surface area (Å²) in [5, 5.41) is 4.05. The zero-order valence-electron chi connectivity index (χ0n) is 11.1. The monoisotopic (exact) mass is 268 g/mol. The van der Waals surface area contributed by atoms with Gasteiger partial charge < -0.3 is 4.74 Å². The Kier molecular flexibility index (Phi) is 2.90. The van der Waals surface area contributed by atoms with Crippen LogP contribution in [0.1, 0.15) is 16.1 Å². The van der Waals surface area contributed by atoms with Crippen LogP contribution < -0.4 is 4.74 Å². The molecule has 0 saturated carbocycles. The van der Waals surface area contributed by atoms with Gasteiger partial charge in [0.05, 0.1) is 29.9 Å². The molecule has 3 aromatic rings. The average Bonchev–Trinajstić information content (AvgIpc) is 2.87. The van der Waals surface area contributed by atoms with Gasteiger partial charge >= 0.3 is 0 Å². The van der Waals surface area contributed by atoms with E-state index >= 15 is 0 Å². The van der Waals surface area contributed by atoms with Crippen LogP contribution in [-0.4, -0.2) is 32.6 Å². The molecule has 0 saturated heterocycles. The van der Waals surface area contributed by atoms with Gasteiger partial charge in [-0.1, -0.05) is 6.07 Å². The second-order valence-electron chi connectivity index (χ2n) is 4.24. The van der Waals surface area contributed by atoms with Gasteiger partial charge in [-0.05, 0) is 12.1 Å². The summed E-state index contributed by atoms with van der Waals surface area (Å²) in [4.78, 5) is 21.2. The molecule has 0 radical (unpaired) electrons. The van der Waals surface area contributed by atoms with Gasteiger partial charge in [-0.2, -0.15) is 5.10 Å². The number of aromatic nitrogens is 4. The SMILES string of the molecule is COc1cnn(C)c1C(=O)c1cccc2nccnc12. The fraction of sp³-hybridized carbons (Fsp3) is 0.143. The van der Waals surface area contributed by atoms with Gasteiger partial charge in [-0.3, -0.25) is 19.4 Å². The van der Waals surface area contributed by atoms with Crippen molar-refractivity contribution in [1.82, 2.24) is 19.7 Å². The highest BCUT2D eigenvalue weighted by molar-refractivity contribution is 6.15. The van der Waals surface area contributed by atoms with E-state index < -0.39 is 0 Å². The molecule has 0 aliphatic heterocycles. The first-order chi connectivity index (χ1) is 9.72. The number of carbonyl (C=O) groups is 1. The number of nitrogens with zero attached hydrogens (tertiary/aromatic N) is 4. The number of ketones is 1. The molecule has 0 fully saturated rings. The van der Waals surface area contributed by atoms with Crippen LogP contribution in [0.2, 0.25) is 0 Å². The number of carbonyl (C=O) groups excluding carboxylic acids is 1.